The first-order chi connectivity index (χ1) is 12.1. The molecule has 0 radical (unpaired) electrons. The van der Waals surface area contributed by atoms with E-state index in [0.717, 1.165) is 20.0 Å². The van der Waals surface area contributed by atoms with Gasteiger partial charge in [-0.3, -0.25) is 0 Å². The molecule has 0 aliphatic carbocycles. The number of hydrogen-bond donors (Lipinski definition) is 0. The highest BCUT2D eigenvalue weighted by atomic mass is 15.3. The molecule has 0 aliphatic heterocycles. The van der Waals surface area contributed by atoms with Gasteiger partial charge >= 0.3 is 0 Å². The summed E-state index contributed by atoms with van der Waals surface area (Å²) in [4.78, 5) is 0. The van der Waals surface area contributed by atoms with Crippen molar-refractivity contribution in [2.24, 2.45) is 14.1 Å². The fourth-order valence-electron chi connectivity index (χ4n) is 2.95. The third-order valence-corrected chi connectivity index (χ3v) is 4.12. The van der Waals surface area contributed by atoms with E-state index in [1.165, 1.54) is 0 Å². The van der Waals surface area contributed by atoms with Crippen molar-refractivity contribution in [3.8, 4) is 0 Å². The lowest BCUT2D eigenvalue weighted by Gasteiger charge is -1.93. The third-order valence-electron chi connectivity index (χ3n) is 4.12. The summed E-state index contributed by atoms with van der Waals surface area (Å²) in [6.07, 6.45) is 25.0. The maximum Gasteiger partial charge on any atom is 0.250 e. The maximum absolute atomic E-state index is 2.17. The van der Waals surface area contributed by atoms with Crippen molar-refractivity contribution in [2.45, 2.75) is 20.0 Å². The molecular formula is C17H24N8+4. The Morgan fingerprint density at radius 3 is 1.40 bits per heavy atom. The van der Waals surface area contributed by atoms with Gasteiger partial charge in [-0.05, 0) is 0 Å². The number of aryl methyl sites for hydroxylation is 2. The molecule has 25 heavy (non-hydrogen) atoms. The molecule has 0 unspecified atom stereocenters. The first kappa shape index (κ1) is 15.4. The summed E-state index contributed by atoms with van der Waals surface area (Å²) in [7, 11) is 4.06. The highest BCUT2D eigenvalue weighted by Crippen LogP contribution is 1.91. The Morgan fingerprint density at radius 2 is 1.00 bits per heavy atom. The van der Waals surface area contributed by atoms with Gasteiger partial charge in [0.05, 0.1) is 14.1 Å². The molecule has 0 N–H and O–H groups in total. The molecule has 0 saturated carbocycles. The summed E-state index contributed by atoms with van der Waals surface area (Å²) < 4.78 is 17.0. The topological polar surface area (TPSA) is 35.2 Å². The molecule has 0 aliphatic rings. The van der Waals surface area contributed by atoms with Crippen LogP contribution in [0, 0.1) is 0 Å². The lowest BCUT2D eigenvalue weighted by molar-refractivity contribution is -0.707. The highest BCUT2D eigenvalue weighted by molar-refractivity contribution is 4.72. The van der Waals surface area contributed by atoms with Crippen molar-refractivity contribution in [2.75, 3.05) is 0 Å². The van der Waals surface area contributed by atoms with Crippen LogP contribution in [0.3, 0.4) is 0 Å². The summed E-state index contributed by atoms with van der Waals surface area (Å²) in [5, 5.41) is 0. The van der Waals surface area contributed by atoms with Gasteiger partial charge in [-0.15, -0.1) is 0 Å². The molecule has 0 atom stereocenters. The van der Waals surface area contributed by atoms with Crippen molar-refractivity contribution in [3.05, 3.63) is 74.9 Å². The van der Waals surface area contributed by atoms with Crippen LogP contribution < -0.4 is 18.3 Å². The second-order valence-corrected chi connectivity index (χ2v) is 6.49. The predicted octanol–water partition coefficient (Wildman–Crippen LogP) is -1.37. The standard InChI is InChI=1S/C17H24N8/c1-18-3-5-20(11-18)13-22-7-9-24(15-22)17-25-10-8-23(16-25)14-21-6-4-19(2)12-21/h3-12,15-16H,13-14,17H2,1-2H3/q+4. The quantitative estimate of drug-likeness (QED) is 0.389. The molecule has 0 spiro atoms. The minimum absolute atomic E-state index is 0.791. The number of rotatable bonds is 6. The van der Waals surface area contributed by atoms with Crippen molar-refractivity contribution < 1.29 is 18.3 Å². The van der Waals surface area contributed by atoms with Gasteiger partial charge < -0.3 is 0 Å². The molecule has 4 rings (SSSR count). The van der Waals surface area contributed by atoms with Gasteiger partial charge in [-0.2, -0.15) is 27.4 Å². The third kappa shape index (κ3) is 3.68. The lowest BCUT2D eigenvalue weighted by Crippen LogP contribution is -2.36. The van der Waals surface area contributed by atoms with Crippen LogP contribution in [0.2, 0.25) is 0 Å². The van der Waals surface area contributed by atoms with Crippen LogP contribution in [0.25, 0.3) is 0 Å². The second kappa shape index (κ2) is 6.39. The normalized spacial score (nSPS) is 11.3. The second-order valence-electron chi connectivity index (χ2n) is 6.49. The molecule has 4 aromatic heterocycles. The van der Waals surface area contributed by atoms with Crippen LogP contribution in [0.1, 0.15) is 0 Å². The van der Waals surface area contributed by atoms with Crippen LogP contribution in [0.4, 0.5) is 0 Å². The Hall–Kier alpha value is -3.16. The molecule has 0 saturated heterocycles. The Bertz CT molecular complexity index is 892. The van der Waals surface area contributed by atoms with E-state index in [2.05, 4.69) is 89.9 Å². The monoisotopic (exact) mass is 340 g/mol. The Morgan fingerprint density at radius 1 is 0.560 bits per heavy atom. The molecule has 0 aromatic carbocycles. The summed E-state index contributed by atoms with van der Waals surface area (Å²) in [5.74, 6) is 0. The van der Waals surface area contributed by atoms with Crippen LogP contribution >= 0.6 is 0 Å². The van der Waals surface area contributed by atoms with Crippen molar-refractivity contribution in [3.63, 3.8) is 0 Å². The summed E-state index contributed by atoms with van der Waals surface area (Å²) >= 11 is 0. The number of aromatic nitrogens is 8. The SMILES string of the molecule is C[n+]1ccn(C[n+]2ccn(Cn3cc[n+](Cn4cc[n+](C)c4)c3)c2)c1. The van der Waals surface area contributed by atoms with Crippen LogP contribution in [-0.2, 0) is 34.1 Å². The molecule has 128 valence electrons. The van der Waals surface area contributed by atoms with E-state index in [4.69, 9.17) is 0 Å². The first-order valence-corrected chi connectivity index (χ1v) is 8.26. The van der Waals surface area contributed by atoms with E-state index >= 15 is 0 Å². The van der Waals surface area contributed by atoms with Crippen molar-refractivity contribution in [1.82, 2.24) is 18.3 Å². The number of imidazole rings is 4. The summed E-state index contributed by atoms with van der Waals surface area (Å²) in [5.41, 5.74) is 0. The van der Waals surface area contributed by atoms with E-state index in [9.17, 15) is 0 Å². The predicted molar refractivity (Wildman–Crippen MR) is 86.7 cm³/mol. The van der Waals surface area contributed by atoms with Crippen LogP contribution in [0.15, 0.2) is 74.9 Å². The lowest BCUT2D eigenvalue weighted by atomic mass is 10.8. The van der Waals surface area contributed by atoms with Gasteiger partial charge in [0.25, 0.3) is 0 Å². The highest BCUT2D eigenvalue weighted by Gasteiger charge is 2.12. The van der Waals surface area contributed by atoms with Crippen LogP contribution in [0.5, 0.6) is 0 Å². The molecule has 4 heterocycles. The molecule has 8 nitrogen and oxygen atoms in total. The molecule has 0 fully saturated rings. The van der Waals surface area contributed by atoms with E-state index in [0.29, 0.717) is 0 Å². The van der Waals surface area contributed by atoms with Crippen LogP contribution in [-0.4, -0.2) is 18.3 Å². The van der Waals surface area contributed by atoms with Gasteiger partial charge in [0.2, 0.25) is 45.3 Å². The summed E-state index contributed by atoms with van der Waals surface area (Å²) in [6, 6.07) is 0. The largest absolute Gasteiger partial charge is 0.250 e. The first-order valence-electron chi connectivity index (χ1n) is 8.26. The molecular weight excluding hydrogens is 316 g/mol. The Kier molecular flexibility index (Phi) is 3.93. The fraction of sp³-hybridized carbons (Fsp3) is 0.294. The summed E-state index contributed by atoms with van der Waals surface area (Å²) in [6.45, 7) is 2.41. The average Bonchev–Trinajstić information content (AvgIpc) is 3.33. The van der Waals surface area contributed by atoms with Crippen molar-refractivity contribution >= 4 is 0 Å². The van der Waals surface area contributed by atoms with Crippen molar-refractivity contribution in [1.29, 1.82) is 0 Å². The zero-order chi connectivity index (χ0) is 17.2. The fourth-order valence-corrected chi connectivity index (χ4v) is 2.95. The van der Waals surface area contributed by atoms with Gasteiger partial charge in [0, 0.05) is 0 Å². The van der Waals surface area contributed by atoms with E-state index < -0.39 is 0 Å². The smallest absolute Gasteiger partial charge is 0.239 e. The van der Waals surface area contributed by atoms with E-state index in [1.54, 1.807) is 0 Å². The molecule has 0 amide bonds. The zero-order valence-electron chi connectivity index (χ0n) is 14.6. The maximum atomic E-state index is 2.17. The van der Waals surface area contributed by atoms with Gasteiger partial charge in [0.1, 0.15) is 49.6 Å². The number of nitrogens with zero attached hydrogens (tertiary/aromatic N) is 8. The Balaban J connectivity index is 1.39. The van der Waals surface area contributed by atoms with Gasteiger partial charge in [-0.1, -0.05) is 0 Å². The van der Waals surface area contributed by atoms with E-state index in [-0.39, 0.29) is 0 Å². The number of hydrogen-bond acceptors (Lipinski definition) is 0. The van der Waals surface area contributed by atoms with E-state index in [1.807, 2.05) is 35.6 Å². The molecule has 8 heteroatoms. The molecule has 0 bridgehead atoms. The molecule has 4 aromatic rings. The minimum Gasteiger partial charge on any atom is -0.239 e. The Labute approximate surface area is 146 Å². The van der Waals surface area contributed by atoms with Gasteiger partial charge in [0.15, 0.2) is 0 Å². The van der Waals surface area contributed by atoms with Gasteiger partial charge in [-0.25, -0.2) is 9.13 Å². The minimum atomic E-state index is 0.791. The zero-order valence-corrected chi connectivity index (χ0v) is 14.6. The average molecular weight is 340 g/mol.